The van der Waals surface area contributed by atoms with E-state index in [1.807, 2.05) is 10.9 Å². The zero-order chi connectivity index (χ0) is 17.9. The summed E-state index contributed by atoms with van der Waals surface area (Å²) in [5.41, 5.74) is 4.36. The van der Waals surface area contributed by atoms with Crippen LogP contribution < -0.4 is 0 Å². The Bertz CT molecular complexity index is 884. The molecule has 1 aromatic carbocycles. The van der Waals surface area contributed by atoms with Crippen molar-refractivity contribution in [2.45, 2.75) is 51.4 Å². The summed E-state index contributed by atoms with van der Waals surface area (Å²) < 4.78 is 27.8. The molecule has 1 aliphatic heterocycles. The minimum Gasteiger partial charge on any atom is -0.346 e. The Morgan fingerprint density at radius 1 is 1.27 bits per heavy atom. The van der Waals surface area contributed by atoms with Crippen LogP contribution in [0.5, 0.6) is 0 Å². The molecule has 136 valence electrons. The molecule has 1 saturated heterocycles. The van der Waals surface area contributed by atoms with Gasteiger partial charge in [-0.25, -0.2) is 9.07 Å². The number of halogens is 1. The van der Waals surface area contributed by atoms with Crippen molar-refractivity contribution in [1.29, 1.82) is 0 Å². The maximum atomic E-state index is 13.3. The second-order valence-corrected chi connectivity index (χ2v) is 7.97. The first kappa shape index (κ1) is 16.2. The number of fused-ring (bicyclic) bond motifs is 3. The summed E-state index contributed by atoms with van der Waals surface area (Å²) in [6, 6.07) is 6.48. The number of rotatable bonds is 1. The Balaban J connectivity index is 1.59. The summed E-state index contributed by atoms with van der Waals surface area (Å²) >= 11 is 0. The van der Waals surface area contributed by atoms with E-state index >= 15 is 0 Å². The van der Waals surface area contributed by atoms with Gasteiger partial charge >= 0.3 is 0 Å². The number of aromatic nitrogens is 2. The zero-order valence-electron chi connectivity index (χ0n) is 15.2. The van der Waals surface area contributed by atoms with Gasteiger partial charge in [0.15, 0.2) is 5.79 Å². The van der Waals surface area contributed by atoms with Crippen LogP contribution in [0.25, 0.3) is 11.8 Å². The molecule has 1 aromatic heterocycles. The minimum atomic E-state index is -0.522. The van der Waals surface area contributed by atoms with Gasteiger partial charge in [0.25, 0.3) is 0 Å². The van der Waals surface area contributed by atoms with Crippen LogP contribution in [-0.2, 0) is 15.9 Å². The van der Waals surface area contributed by atoms with Crippen molar-refractivity contribution in [1.82, 2.24) is 9.78 Å². The number of nitrogens with zero attached hydrogens (tertiary/aromatic N) is 2. The second kappa shape index (κ2) is 5.51. The topological polar surface area (TPSA) is 36.3 Å². The molecule has 0 amide bonds. The predicted octanol–water partition coefficient (Wildman–Crippen LogP) is 4.27. The molecule has 3 aliphatic rings. The Morgan fingerprint density at radius 3 is 2.81 bits per heavy atom. The fourth-order valence-electron chi connectivity index (χ4n) is 4.87. The quantitative estimate of drug-likeness (QED) is 0.767. The van der Waals surface area contributed by atoms with Gasteiger partial charge in [0.1, 0.15) is 5.82 Å². The summed E-state index contributed by atoms with van der Waals surface area (Å²) in [6.07, 6.45) is 8.22. The van der Waals surface area contributed by atoms with E-state index in [9.17, 15) is 4.39 Å². The third-order valence-electron chi connectivity index (χ3n) is 6.26. The van der Waals surface area contributed by atoms with Crippen LogP contribution in [-0.4, -0.2) is 28.3 Å². The highest BCUT2D eigenvalue weighted by Gasteiger charge is 2.58. The Kier molecular flexibility index (Phi) is 3.43. The van der Waals surface area contributed by atoms with Crippen LogP contribution in [0, 0.1) is 11.2 Å². The maximum Gasteiger partial charge on any atom is 0.178 e. The molecule has 1 unspecified atom stereocenters. The minimum absolute atomic E-state index is 0.134. The average Bonchev–Trinajstić information content (AvgIpc) is 3.19. The van der Waals surface area contributed by atoms with E-state index in [4.69, 9.17) is 9.47 Å². The summed E-state index contributed by atoms with van der Waals surface area (Å²) in [6.45, 7) is 5.01. The Hall–Kier alpha value is -1.98. The van der Waals surface area contributed by atoms with Crippen molar-refractivity contribution in [3.05, 3.63) is 53.1 Å². The van der Waals surface area contributed by atoms with Crippen molar-refractivity contribution in [3.8, 4) is 5.69 Å². The van der Waals surface area contributed by atoms with Gasteiger partial charge in [0.05, 0.1) is 30.3 Å². The largest absolute Gasteiger partial charge is 0.346 e. The fourth-order valence-corrected chi connectivity index (χ4v) is 4.87. The predicted molar refractivity (Wildman–Crippen MR) is 96.4 cm³/mol. The molecule has 3 atom stereocenters. The van der Waals surface area contributed by atoms with Crippen LogP contribution in [0.4, 0.5) is 4.39 Å². The van der Waals surface area contributed by atoms with E-state index in [0.717, 1.165) is 37.1 Å². The third-order valence-corrected chi connectivity index (χ3v) is 6.26. The van der Waals surface area contributed by atoms with Gasteiger partial charge in [-0.2, -0.15) is 5.10 Å². The lowest BCUT2D eigenvalue weighted by molar-refractivity contribution is -0.241. The molecule has 26 heavy (non-hydrogen) atoms. The lowest BCUT2D eigenvalue weighted by atomic mass is 9.62. The molecule has 1 spiro atoms. The van der Waals surface area contributed by atoms with Crippen molar-refractivity contribution >= 4 is 6.08 Å². The number of hydrogen-bond donors (Lipinski definition) is 0. The molecular formula is C21H23FN2O2. The summed E-state index contributed by atoms with van der Waals surface area (Å²) in [7, 11) is 0. The van der Waals surface area contributed by atoms with E-state index in [0.29, 0.717) is 6.61 Å². The fraction of sp³-hybridized carbons (Fsp3) is 0.476. The van der Waals surface area contributed by atoms with Gasteiger partial charge in [0.2, 0.25) is 0 Å². The molecule has 5 rings (SSSR count). The molecule has 0 bridgehead atoms. The molecule has 2 fully saturated rings. The molecule has 2 aromatic rings. The lowest BCUT2D eigenvalue weighted by Crippen LogP contribution is -2.53. The normalized spacial score (nSPS) is 33.0. The van der Waals surface area contributed by atoms with Gasteiger partial charge < -0.3 is 9.47 Å². The van der Waals surface area contributed by atoms with Crippen molar-refractivity contribution < 1.29 is 13.9 Å². The Labute approximate surface area is 152 Å². The third kappa shape index (κ3) is 2.17. The summed E-state index contributed by atoms with van der Waals surface area (Å²) in [5, 5.41) is 4.58. The van der Waals surface area contributed by atoms with Crippen LogP contribution in [0.3, 0.4) is 0 Å². The monoisotopic (exact) mass is 354 g/mol. The van der Waals surface area contributed by atoms with E-state index in [-0.39, 0.29) is 17.3 Å². The number of ether oxygens (including phenoxy) is 2. The molecule has 5 heteroatoms. The molecule has 4 nitrogen and oxygen atoms in total. The van der Waals surface area contributed by atoms with Crippen molar-refractivity contribution in [2.24, 2.45) is 5.41 Å². The summed E-state index contributed by atoms with van der Waals surface area (Å²) in [4.78, 5) is 0. The molecule has 2 heterocycles. The average molecular weight is 354 g/mol. The first-order valence-corrected chi connectivity index (χ1v) is 9.36. The summed E-state index contributed by atoms with van der Waals surface area (Å²) in [5.74, 6) is -0.758. The SMILES string of the molecule is C[C@@H]1COC2(CCCC3=Cc4c(cnn4-c4ccc(F)cc4)C[C@@]32C)O1. The van der Waals surface area contributed by atoms with Gasteiger partial charge in [-0.3, -0.25) is 0 Å². The molecular weight excluding hydrogens is 331 g/mol. The smallest absolute Gasteiger partial charge is 0.178 e. The van der Waals surface area contributed by atoms with Gasteiger partial charge in [0, 0.05) is 11.8 Å². The first-order chi connectivity index (χ1) is 12.5. The van der Waals surface area contributed by atoms with Crippen LogP contribution in [0.1, 0.15) is 44.4 Å². The number of benzene rings is 1. The van der Waals surface area contributed by atoms with E-state index in [1.165, 1.54) is 23.3 Å². The van der Waals surface area contributed by atoms with Gasteiger partial charge in [-0.05, 0) is 62.1 Å². The lowest BCUT2D eigenvalue weighted by Gasteiger charge is -2.51. The van der Waals surface area contributed by atoms with E-state index in [2.05, 4.69) is 25.0 Å². The Morgan fingerprint density at radius 2 is 2.08 bits per heavy atom. The second-order valence-electron chi connectivity index (χ2n) is 7.97. The van der Waals surface area contributed by atoms with Crippen molar-refractivity contribution in [3.63, 3.8) is 0 Å². The van der Waals surface area contributed by atoms with Crippen LogP contribution in [0.15, 0.2) is 36.0 Å². The van der Waals surface area contributed by atoms with E-state index < -0.39 is 5.79 Å². The molecule has 2 aliphatic carbocycles. The maximum absolute atomic E-state index is 13.3. The van der Waals surface area contributed by atoms with Crippen LogP contribution in [0.2, 0.25) is 0 Å². The highest BCUT2D eigenvalue weighted by atomic mass is 19.1. The highest BCUT2D eigenvalue weighted by Crippen LogP contribution is 2.57. The first-order valence-electron chi connectivity index (χ1n) is 9.36. The zero-order valence-corrected chi connectivity index (χ0v) is 15.2. The molecule has 0 N–H and O–H groups in total. The number of hydrogen-bond acceptors (Lipinski definition) is 3. The van der Waals surface area contributed by atoms with Crippen molar-refractivity contribution in [2.75, 3.05) is 6.61 Å². The standard InChI is InChI=1S/C21H23FN2O2/c1-14-13-25-21(26-14)9-3-4-16-10-19-15(11-20(16,21)2)12-23-24(19)18-7-5-17(22)6-8-18/h5-8,10,12,14H,3-4,9,11,13H2,1-2H3/t14-,20+,21?/m1/s1. The van der Waals surface area contributed by atoms with Gasteiger partial charge in [-0.15, -0.1) is 0 Å². The van der Waals surface area contributed by atoms with Crippen LogP contribution >= 0.6 is 0 Å². The van der Waals surface area contributed by atoms with E-state index in [1.54, 1.807) is 12.1 Å². The van der Waals surface area contributed by atoms with Gasteiger partial charge in [-0.1, -0.05) is 12.5 Å². The molecule has 1 saturated carbocycles. The molecule has 0 radical (unpaired) electrons. The highest BCUT2D eigenvalue weighted by molar-refractivity contribution is 5.61.